The molecule has 0 spiro atoms. The summed E-state index contributed by atoms with van der Waals surface area (Å²) in [6.07, 6.45) is 3.94. The van der Waals surface area contributed by atoms with E-state index >= 15 is 0 Å². The molecule has 18 heavy (non-hydrogen) atoms. The summed E-state index contributed by atoms with van der Waals surface area (Å²) in [4.78, 5) is 2.70. The molecule has 0 amide bonds. The van der Waals surface area contributed by atoms with E-state index in [9.17, 15) is 0 Å². The first-order valence-electron chi connectivity index (χ1n) is 7.89. The zero-order valence-electron chi connectivity index (χ0n) is 13.4. The van der Waals surface area contributed by atoms with Gasteiger partial charge < -0.3 is 5.32 Å². The third-order valence-electron chi connectivity index (χ3n) is 4.40. The van der Waals surface area contributed by atoms with Crippen LogP contribution in [0.4, 0.5) is 0 Å². The summed E-state index contributed by atoms with van der Waals surface area (Å²) in [5, 5.41) is 3.82. The lowest BCUT2D eigenvalue weighted by atomic mass is 9.86. The van der Waals surface area contributed by atoms with Gasteiger partial charge in [0.1, 0.15) is 0 Å². The number of hydrogen-bond acceptors (Lipinski definition) is 2. The fourth-order valence-electron chi connectivity index (χ4n) is 3.44. The second-order valence-electron chi connectivity index (χ2n) is 7.01. The molecule has 2 nitrogen and oxygen atoms in total. The molecule has 0 aromatic heterocycles. The van der Waals surface area contributed by atoms with Crippen LogP contribution in [-0.4, -0.2) is 36.6 Å². The number of rotatable bonds is 7. The van der Waals surface area contributed by atoms with Crippen molar-refractivity contribution in [2.45, 2.75) is 72.9 Å². The Labute approximate surface area is 115 Å². The van der Waals surface area contributed by atoms with Crippen molar-refractivity contribution in [1.29, 1.82) is 0 Å². The Morgan fingerprint density at radius 3 is 2.44 bits per heavy atom. The van der Waals surface area contributed by atoms with Crippen molar-refractivity contribution in [3.63, 3.8) is 0 Å². The van der Waals surface area contributed by atoms with E-state index in [0.29, 0.717) is 11.5 Å². The standard InChI is InChI=1S/C16H34N2/c1-7-11-17-15-14(9-10-16(15,5)6)18(8-2)12-13(3)4/h13-15,17H,7-12H2,1-6H3. The SMILES string of the molecule is CCCNC1C(N(CC)CC(C)C)CCC1(C)C. The summed E-state index contributed by atoms with van der Waals surface area (Å²) >= 11 is 0. The van der Waals surface area contributed by atoms with E-state index < -0.39 is 0 Å². The quantitative estimate of drug-likeness (QED) is 0.748. The van der Waals surface area contributed by atoms with Gasteiger partial charge in [-0.25, -0.2) is 0 Å². The first-order chi connectivity index (χ1) is 8.42. The molecule has 0 aromatic carbocycles. The van der Waals surface area contributed by atoms with E-state index in [1.54, 1.807) is 0 Å². The predicted molar refractivity (Wildman–Crippen MR) is 81.0 cm³/mol. The van der Waals surface area contributed by atoms with Gasteiger partial charge in [0.25, 0.3) is 0 Å². The average molecular weight is 254 g/mol. The molecule has 0 aromatic rings. The molecule has 0 aliphatic heterocycles. The lowest BCUT2D eigenvalue weighted by Gasteiger charge is -2.38. The normalized spacial score (nSPS) is 27.3. The van der Waals surface area contributed by atoms with Gasteiger partial charge in [0.05, 0.1) is 0 Å². The molecule has 1 aliphatic carbocycles. The Hall–Kier alpha value is -0.0800. The van der Waals surface area contributed by atoms with E-state index in [1.807, 2.05) is 0 Å². The highest BCUT2D eigenvalue weighted by atomic mass is 15.2. The van der Waals surface area contributed by atoms with Crippen LogP contribution in [0.25, 0.3) is 0 Å². The second-order valence-corrected chi connectivity index (χ2v) is 7.01. The van der Waals surface area contributed by atoms with Crippen molar-refractivity contribution < 1.29 is 0 Å². The monoisotopic (exact) mass is 254 g/mol. The molecule has 0 saturated heterocycles. The third-order valence-corrected chi connectivity index (χ3v) is 4.40. The summed E-state index contributed by atoms with van der Waals surface area (Å²) in [6.45, 7) is 17.7. The van der Waals surface area contributed by atoms with Crippen molar-refractivity contribution in [1.82, 2.24) is 10.2 Å². The van der Waals surface area contributed by atoms with Crippen molar-refractivity contribution in [2.75, 3.05) is 19.6 Å². The third kappa shape index (κ3) is 3.96. The Morgan fingerprint density at radius 2 is 1.94 bits per heavy atom. The number of nitrogens with zero attached hydrogens (tertiary/aromatic N) is 1. The largest absolute Gasteiger partial charge is 0.312 e. The molecule has 1 aliphatic rings. The number of likely N-dealkylation sites (N-methyl/N-ethyl adjacent to an activating group) is 1. The molecule has 0 bridgehead atoms. The summed E-state index contributed by atoms with van der Waals surface area (Å²) in [5.41, 5.74) is 0.449. The number of hydrogen-bond donors (Lipinski definition) is 1. The molecule has 2 heteroatoms. The minimum atomic E-state index is 0.449. The molecule has 2 atom stereocenters. The van der Waals surface area contributed by atoms with Crippen LogP contribution in [-0.2, 0) is 0 Å². The molecule has 0 heterocycles. The Bertz CT molecular complexity index is 235. The fourth-order valence-corrected chi connectivity index (χ4v) is 3.44. The van der Waals surface area contributed by atoms with E-state index in [1.165, 1.54) is 32.4 Å². The molecule has 1 rings (SSSR count). The fraction of sp³-hybridized carbons (Fsp3) is 1.00. The minimum absolute atomic E-state index is 0.449. The van der Waals surface area contributed by atoms with Crippen molar-refractivity contribution in [3.05, 3.63) is 0 Å². The highest BCUT2D eigenvalue weighted by Gasteiger charge is 2.43. The zero-order chi connectivity index (χ0) is 13.8. The molecule has 1 fully saturated rings. The average Bonchev–Trinajstić information content (AvgIpc) is 2.58. The van der Waals surface area contributed by atoms with E-state index in [4.69, 9.17) is 0 Å². The highest BCUT2D eigenvalue weighted by molar-refractivity contribution is 5.00. The Morgan fingerprint density at radius 1 is 1.28 bits per heavy atom. The number of nitrogens with one attached hydrogen (secondary N) is 1. The summed E-state index contributed by atoms with van der Waals surface area (Å²) in [6, 6.07) is 1.40. The van der Waals surface area contributed by atoms with Crippen LogP contribution < -0.4 is 5.32 Å². The van der Waals surface area contributed by atoms with Gasteiger partial charge in [-0.1, -0.05) is 41.5 Å². The first-order valence-corrected chi connectivity index (χ1v) is 7.89. The first kappa shape index (κ1) is 16.0. The Balaban J connectivity index is 2.71. The van der Waals surface area contributed by atoms with Crippen LogP contribution >= 0.6 is 0 Å². The molecule has 108 valence electrons. The maximum atomic E-state index is 3.82. The van der Waals surface area contributed by atoms with Gasteiger partial charge in [-0.05, 0) is 43.7 Å². The van der Waals surface area contributed by atoms with E-state index in [0.717, 1.165) is 18.5 Å². The molecule has 1 N–H and O–H groups in total. The van der Waals surface area contributed by atoms with Gasteiger partial charge in [0.2, 0.25) is 0 Å². The van der Waals surface area contributed by atoms with Crippen molar-refractivity contribution in [3.8, 4) is 0 Å². The van der Waals surface area contributed by atoms with Crippen LogP contribution in [0.5, 0.6) is 0 Å². The van der Waals surface area contributed by atoms with Crippen LogP contribution in [0.3, 0.4) is 0 Å². The maximum Gasteiger partial charge on any atom is 0.0274 e. The lowest BCUT2D eigenvalue weighted by Crippen LogP contribution is -2.52. The summed E-state index contributed by atoms with van der Waals surface area (Å²) in [5.74, 6) is 0.764. The highest BCUT2D eigenvalue weighted by Crippen LogP contribution is 2.40. The Kier molecular flexibility index (Phi) is 6.13. The van der Waals surface area contributed by atoms with Crippen molar-refractivity contribution in [2.24, 2.45) is 11.3 Å². The van der Waals surface area contributed by atoms with Crippen LogP contribution in [0, 0.1) is 11.3 Å². The van der Waals surface area contributed by atoms with Gasteiger partial charge >= 0.3 is 0 Å². The molecule has 1 saturated carbocycles. The van der Waals surface area contributed by atoms with Gasteiger partial charge in [-0.2, -0.15) is 0 Å². The van der Waals surface area contributed by atoms with Crippen LogP contribution in [0.2, 0.25) is 0 Å². The predicted octanol–water partition coefficient (Wildman–Crippen LogP) is 3.52. The van der Waals surface area contributed by atoms with E-state index in [-0.39, 0.29) is 0 Å². The molecule has 0 radical (unpaired) electrons. The zero-order valence-corrected chi connectivity index (χ0v) is 13.4. The molecule has 2 unspecified atom stereocenters. The van der Waals surface area contributed by atoms with E-state index in [2.05, 4.69) is 51.8 Å². The smallest absolute Gasteiger partial charge is 0.0274 e. The van der Waals surface area contributed by atoms with Crippen LogP contribution in [0.1, 0.15) is 60.8 Å². The molecular weight excluding hydrogens is 220 g/mol. The molecular formula is C16H34N2. The van der Waals surface area contributed by atoms with Crippen LogP contribution in [0.15, 0.2) is 0 Å². The summed E-state index contributed by atoms with van der Waals surface area (Å²) in [7, 11) is 0. The topological polar surface area (TPSA) is 15.3 Å². The van der Waals surface area contributed by atoms with Crippen molar-refractivity contribution >= 4 is 0 Å². The summed E-state index contributed by atoms with van der Waals surface area (Å²) < 4.78 is 0. The van der Waals surface area contributed by atoms with Gasteiger partial charge in [-0.15, -0.1) is 0 Å². The maximum absolute atomic E-state index is 3.82. The van der Waals surface area contributed by atoms with Gasteiger partial charge in [0.15, 0.2) is 0 Å². The van der Waals surface area contributed by atoms with Gasteiger partial charge in [-0.3, -0.25) is 4.90 Å². The minimum Gasteiger partial charge on any atom is -0.312 e. The lowest BCUT2D eigenvalue weighted by molar-refractivity contribution is 0.136. The second kappa shape index (κ2) is 6.91. The van der Waals surface area contributed by atoms with Gasteiger partial charge in [0, 0.05) is 18.6 Å².